The maximum Gasteiger partial charge on any atom is 0.227 e. The van der Waals surface area contributed by atoms with Crippen molar-refractivity contribution in [2.45, 2.75) is 57.9 Å². The zero-order chi connectivity index (χ0) is 24.7. The molecule has 0 radical (unpaired) electrons. The molecule has 1 saturated carbocycles. The molecule has 0 unspecified atom stereocenters. The van der Waals surface area contributed by atoms with Crippen LogP contribution in [0.15, 0.2) is 55.2 Å². The molecular weight excluding hydrogens is 468 g/mol. The Morgan fingerprint density at radius 2 is 2.08 bits per heavy atom. The van der Waals surface area contributed by atoms with Crippen LogP contribution in [0.2, 0.25) is 0 Å². The van der Waals surface area contributed by atoms with Crippen molar-refractivity contribution in [1.82, 2.24) is 19.5 Å². The Hall–Kier alpha value is -3.70. The standard InChI is InChI=1S/C28H30N6OS/c1-20-24(18-29)26(21-7-3-2-4-8-21)27(36-20)25-11-12-31-28(33-25)32-22-9-5-10-23(17-22)35-16-6-14-34-15-13-30-19-34/h5,9-13,15,17,19,21H,2-4,6-8,14,16H2,1H3,(H,31,32,33). The number of nitriles is 1. The van der Waals surface area contributed by atoms with Gasteiger partial charge in [-0.15, -0.1) is 11.3 Å². The quantitative estimate of drug-likeness (QED) is 0.254. The molecule has 7 nitrogen and oxygen atoms in total. The summed E-state index contributed by atoms with van der Waals surface area (Å²) in [5.74, 6) is 1.76. The molecule has 1 aliphatic rings. The lowest BCUT2D eigenvalue weighted by Gasteiger charge is -2.22. The van der Waals surface area contributed by atoms with Gasteiger partial charge in [0.1, 0.15) is 11.8 Å². The number of aryl methyl sites for hydroxylation is 2. The first kappa shape index (κ1) is 24.0. The molecule has 184 valence electrons. The molecule has 0 spiro atoms. The Kier molecular flexibility index (Phi) is 7.58. The summed E-state index contributed by atoms with van der Waals surface area (Å²) in [6.07, 6.45) is 14.2. The highest BCUT2D eigenvalue weighted by Gasteiger charge is 2.26. The topological polar surface area (TPSA) is 88.7 Å². The Morgan fingerprint density at radius 3 is 2.89 bits per heavy atom. The SMILES string of the molecule is Cc1sc(-c2ccnc(Nc3cccc(OCCCn4ccnc4)c3)n2)c(C2CCCCC2)c1C#N. The van der Waals surface area contributed by atoms with Crippen LogP contribution in [-0.4, -0.2) is 26.1 Å². The Labute approximate surface area is 215 Å². The monoisotopic (exact) mass is 498 g/mol. The summed E-state index contributed by atoms with van der Waals surface area (Å²) in [7, 11) is 0. The van der Waals surface area contributed by atoms with Gasteiger partial charge in [0.05, 0.1) is 29.1 Å². The molecule has 3 heterocycles. The number of imidazole rings is 1. The van der Waals surface area contributed by atoms with Gasteiger partial charge in [0.25, 0.3) is 0 Å². The third-order valence-electron chi connectivity index (χ3n) is 6.61. The lowest BCUT2D eigenvalue weighted by atomic mass is 9.82. The number of ether oxygens (including phenoxy) is 1. The molecule has 4 aromatic rings. The second kappa shape index (κ2) is 11.4. The highest BCUT2D eigenvalue weighted by Crippen LogP contribution is 2.44. The van der Waals surface area contributed by atoms with Gasteiger partial charge in [0.2, 0.25) is 5.95 Å². The zero-order valence-electron chi connectivity index (χ0n) is 20.5. The first-order valence-corrected chi connectivity index (χ1v) is 13.4. The summed E-state index contributed by atoms with van der Waals surface area (Å²) in [6.45, 7) is 3.54. The van der Waals surface area contributed by atoms with E-state index in [4.69, 9.17) is 9.72 Å². The van der Waals surface area contributed by atoms with E-state index in [1.54, 1.807) is 23.7 Å². The van der Waals surface area contributed by atoms with Crippen LogP contribution >= 0.6 is 11.3 Å². The number of nitrogens with one attached hydrogen (secondary N) is 1. The van der Waals surface area contributed by atoms with Crippen LogP contribution in [-0.2, 0) is 6.54 Å². The Balaban J connectivity index is 1.30. The lowest BCUT2D eigenvalue weighted by molar-refractivity contribution is 0.302. The fourth-order valence-corrected chi connectivity index (χ4v) is 6.03. The minimum atomic E-state index is 0.433. The average Bonchev–Trinajstić information content (AvgIpc) is 3.55. The van der Waals surface area contributed by atoms with E-state index in [9.17, 15) is 5.26 Å². The number of benzene rings is 1. The van der Waals surface area contributed by atoms with Crippen molar-refractivity contribution in [1.29, 1.82) is 5.26 Å². The molecule has 8 heteroatoms. The largest absolute Gasteiger partial charge is 0.493 e. The van der Waals surface area contributed by atoms with Gasteiger partial charge in [-0.25, -0.2) is 15.0 Å². The zero-order valence-corrected chi connectivity index (χ0v) is 21.3. The second-order valence-corrected chi connectivity index (χ2v) is 10.4. The lowest BCUT2D eigenvalue weighted by Crippen LogP contribution is -2.07. The van der Waals surface area contributed by atoms with Crippen LogP contribution < -0.4 is 10.1 Å². The number of hydrogen-bond acceptors (Lipinski definition) is 7. The van der Waals surface area contributed by atoms with E-state index < -0.39 is 0 Å². The molecule has 0 aliphatic heterocycles. The van der Waals surface area contributed by atoms with E-state index in [0.717, 1.165) is 58.3 Å². The highest BCUT2D eigenvalue weighted by molar-refractivity contribution is 7.15. The molecule has 0 bridgehead atoms. The highest BCUT2D eigenvalue weighted by atomic mass is 32.1. The van der Waals surface area contributed by atoms with Gasteiger partial charge < -0.3 is 14.6 Å². The van der Waals surface area contributed by atoms with Crippen molar-refractivity contribution < 1.29 is 4.74 Å². The van der Waals surface area contributed by atoms with Crippen molar-refractivity contribution in [3.8, 4) is 22.4 Å². The normalized spacial score (nSPS) is 13.9. The van der Waals surface area contributed by atoms with Crippen LogP contribution in [0.3, 0.4) is 0 Å². The Morgan fingerprint density at radius 1 is 1.19 bits per heavy atom. The van der Waals surface area contributed by atoms with Gasteiger partial charge in [0.15, 0.2) is 0 Å². The number of anilines is 2. The van der Waals surface area contributed by atoms with E-state index in [0.29, 0.717) is 18.5 Å². The first-order chi connectivity index (χ1) is 17.7. The number of nitrogens with zero attached hydrogens (tertiary/aromatic N) is 5. The Bertz CT molecular complexity index is 1330. The third kappa shape index (κ3) is 5.58. The van der Waals surface area contributed by atoms with E-state index in [-0.39, 0.29) is 0 Å². The van der Waals surface area contributed by atoms with Crippen LogP contribution in [0.5, 0.6) is 5.75 Å². The smallest absolute Gasteiger partial charge is 0.227 e. The number of thiophene rings is 1. The van der Waals surface area contributed by atoms with Crippen LogP contribution in [0, 0.1) is 18.3 Å². The molecule has 1 N–H and O–H groups in total. The van der Waals surface area contributed by atoms with Crippen molar-refractivity contribution >= 4 is 23.0 Å². The van der Waals surface area contributed by atoms with Gasteiger partial charge in [-0.05, 0) is 55.9 Å². The molecule has 1 aliphatic carbocycles. The molecule has 0 saturated heterocycles. The van der Waals surface area contributed by atoms with Gasteiger partial charge in [-0.3, -0.25) is 0 Å². The fourth-order valence-electron chi connectivity index (χ4n) is 4.87. The van der Waals surface area contributed by atoms with Crippen molar-refractivity contribution in [2.75, 3.05) is 11.9 Å². The summed E-state index contributed by atoms with van der Waals surface area (Å²) < 4.78 is 7.99. The van der Waals surface area contributed by atoms with Crippen LogP contribution in [0.4, 0.5) is 11.6 Å². The van der Waals surface area contributed by atoms with E-state index in [2.05, 4.69) is 21.4 Å². The predicted molar refractivity (Wildman–Crippen MR) is 143 cm³/mol. The predicted octanol–water partition coefficient (Wildman–Crippen LogP) is 6.84. The molecule has 36 heavy (non-hydrogen) atoms. The summed E-state index contributed by atoms with van der Waals surface area (Å²) in [6, 6.07) is 12.3. The third-order valence-corrected chi connectivity index (χ3v) is 7.76. The van der Waals surface area contributed by atoms with E-state index in [1.807, 2.05) is 54.3 Å². The summed E-state index contributed by atoms with van der Waals surface area (Å²) >= 11 is 1.67. The molecule has 1 fully saturated rings. The second-order valence-electron chi connectivity index (χ2n) is 9.14. The maximum absolute atomic E-state index is 9.89. The van der Waals surface area contributed by atoms with Gasteiger partial charge in [-0.2, -0.15) is 5.26 Å². The molecule has 1 aromatic carbocycles. The molecule has 0 amide bonds. The van der Waals surface area contributed by atoms with Gasteiger partial charge >= 0.3 is 0 Å². The minimum absolute atomic E-state index is 0.433. The van der Waals surface area contributed by atoms with Crippen LogP contribution in [0.25, 0.3) is 10.6 Å². The molecule has 3 aromatic heterocycles. The van der Waals surface area contributed by atoms with Gasteiger partial charge in [0, 0.05) is 41.8 Å². The summed E-state index contributed by atoms with van der Waals surface area (Å²) in [5, 5.41) is 13.2. The number of hydrogen-bond donors (Lipinski definition) is 1. The van der Waals surface area contributed by atoms with E-state index >= 15 is 0 Å². The maximum atomic E-state index is 9.89. The van der Waals surface area contributed by atoms with Crippen molar-refractivity contribution in [2.24, 2.45) is 0 Å². The first-order valence-electron chi connectivity index (χ1n) is 12.5. The number of aromatic nitrogens is 4. The van der Waals surface area contributed by atoms with E-state index in [1.165, 1.54) is 24.8 Å². The summed E-state index contributed by atoms with van der Waals surface area (Å²) in [5.41, 5.74) is 3.77. The molecular formula is C28H30N6OS. The minimum Gasteiger partial charge on any atom is -0.493 e. The van der Waals surface area contributed by atoms with Crippen molar-refractivity contribution in [3.05, 3.63) is 71.3 Å². The van der Waals surface area contributed by atoms with Crippen LogP contribution in [0.1, 0.15) is 60.4 Å². The molecule has 0 atom stereocenters. The number of rotatable bonds is 9. The molecule has 5 rings (SSSR count). The average molecular weight is 499 g/mol. The summed E-state index contributed by atoms with van der Waals surface area (Å²) in [4.78, 5) is 15.5. The van der Waals surface area contributed by atoms with Crippen molar-refractivity contribution in [3.63, 3.8) is 0 Å². The van der Waals surface area contributed by atoms with Gasteiger partial charge in [-0.1, -0.05) is 25.3 Å². The fraction of sp³-hybridized carbons (Fsp3) is 0.357.